The van der Waals surface area contributed by atoms with Crippen molar-refractivity contribution in [2.45, 2.75) is 56.2 Å². The summed E-state index contributed by atoms with van der Waals surface area (Å²) in [4.78, 5) is 19.8. The summed E-state index contributed by atoms with van der Waals surface area (Å²) in [7, 11) is -2.00. The molecule has 1 heterocycles. The summed E-state index contributed by atoms with van der Waals surface area (Å²) in [5.74, 6) is 0.653. The molecule has 0 fully saturated rings. The van der Waals surface area contributed by atoms with E-state index in [1.165, 1.54) is 0 Å². The number of anilines is 1. The Kier molecular flexibility index (Phi) is 8.16. The van der Waals surface area contributed by atoms with Gasteiger partial charge in [0.15, 0.2) is 0 Å². The molecule has 3 aromatic carbocycles. The van der Waals surface area contributed by atoms with Gasteiger partial charge >= 0.3 is 0 Å². The SMILES string of the molecule is CCc1ccc(S(=O)(=O)NC2c3cc(N(Cc4nccn4C)C(=O)CCc4ccccc4)ccc3CC2O)cc1. The zero-order valence-corrected chi connectivity index (χ0v) is 23.5. The van der Waals surface area contributed by atoms with Gasteiger partial charge in [0.05, 0.1) is 23.6 Å². The summed E-state index contributed by atoms with van der Waals surface area (Å²) in [5, 5.41) is 10.9. The third kappa shape index (κ3) is 6.01. The van der Waals surface area contributed by atoms with Gasteiger partial charge < -0.3 is 14.6 Å². The molecule has 0 spiro atoms. The predicted octanol–water partition coefficient (Wildman–Crippen LogP) is 4.09. The van der Waals surface area contributed by atoms with Crippen LogP contribution in [0.2, 0.25) is 0 Å². The fourth-order valence-corrected chi connectivity index (χ4v) is 6.35. The second kappa shape index (κ2) is 11.8. The van der Waals surface area contributed by atoms with Crippen molar-refractivity contribution in [2.24, 2.45) is 7.05 Å². The number of aromatic nitrogens is 2. The van der Waals surface area contributed by atoms with E-state index in [2.05, 4.69) is 9.71 Å². The van der Waals surface area contributed by atoms with Crippen LogP contribution in [0.3, 0.4) is 0 Å². The first-order valence-corrected chi connectivity index (χ1v) is 15.0. The fourth-order valence-electron chi connectivity index (χ4n) is 5.10. The van der Waals surface area contributed by atoms with Crippen LogP contribution in [0, 0.1) is 0 Å². The van der Waals surface area contributed by atoms with Crippen molar-refractivity contribution in [3.63, 3.8) is 0 Å². The summed E-state index contributed by atoms with van der Waals surface area (Å²) in [5.41, 5.74) is 4.26. The molecule has 208 valence electrons. The number of aryl methyl sites for hydroxylation is 3. The van der Waals surface area contributed by atoms with Crippen LogP contribution in [0.4, 0.5) is 5.69 Å². The van der Waals surface area contributed by atoms with E-state index in [1.807, 2.05) is 73.3 Å². The largest absolute Gasteiger partial charge is 0.391 e. The van der Waals surface area contributed by atoms with Crippen molar-refractivity contribution in [3.8, 4) is 0 Å². The van der Waals surface area contributed by atoms with Gasteiger partial charge in [-0.1, -0.05) is 55.5 Å². The van der Waals surface area contributed by atoms with Gasteiger partial charge in [-0.05, 0) is 59.4 Å². The topological polar surface area (TPSA) is 105 Å². The number of hydrogen-bond acceptors (Lipinski definition) is 5. The molecule has 8 nitrogen and oxygen atoms in total. The van der Waals surface area contributed by atoms with Crippen LogP contribution in [-0.4, -0.2) is 35.1 Å². The molecule has 1 amide bonds. The van der Waals surface area contributed by atoms with Crippen molar-refractivity contribution in [1.29, 1.82) is 0 Å². The molecule has 0 bridgehead atoms. The number of carbonyl (C=O) groups excluding carboxylic acids is 1. The van der Waals surface area contributed by atoms with Gasteiger partial charge in [-0.3, -0.25) is 4.79 Å². The van der Waals surface area contributed by atoms with Crippen LogP contribution in [0.15, 0.2) is 90.1 Å². The first-order chi connectivity index (χ1) is 19.2. The smallest absolute Gasteiger partial charge is 0.241 e. The number of imidazole rings is 1. The number of aliphatic hydroxyl groups excluding tert-OH is 1. The van der Waals surface area contributed by atoms with Gasteiger partial charge in [-0.15, -0.1) is 0 Å². The molecule has 9 heteroatoms. The molecular formula is C31H34N4O4S. The molecule has 0 saturated heterocycles. The van der Waals surface area contributed by atoms with Gasteiger partial charge in [0, 0.05) is 38.0 Å². The molecule has 0 aliphatic heterocycles. The number of nitrogens with one attached hydrogen (secondary N) is 1. The summed E-state index contributed by atoms with van der Waals surface area (Å²) in [6, 6.07) is 21.3. The van der Waals surface area contributed by atoms with E-state index in [0.717, 1.165) is 28.9 Å². The molecular weight excluding hydrogens is 524 g/mol. The molecule has 5 rings (SSSR count). The lowest BCUT2D eigenvalue weighted by molar-refractivity contribution is -0.118. The molecule has 2 N–H and O–H groups in total. The number of hydrogen-bond donors (Lipinski definition) is 2. The van der Waals surface area contributed by atoms with Crippen LogP contribution in [0.5, 0.6) is 0 Å². The third-order valence-electron chi connectivity index (χ3n) is 7.51. The maximum Gasteiger partial charge on any atom is 0.241 e. The lowest BCUT2D eigenvalue weighted by Crippen LogP contribution is -2.34. The Bertz CT molecular complexity index is 1580. The number of benzene rings is 3. The monoisotopic (exact) mass is 558 g/mol. The van der Waals surface area contributed by atoms with E-state index in [0.29, 0.717) is 30.5 Å². The Labute approximate surface area is 235 Å². The number of fused-ring (bicyclic) bond motifs is 1. The van der Waals surface area contributed by atoms with Crippen LogP contribution >= 0.6 is 0 Å². The quantitative estimate of drug-likeness (QED) is 0.305. The van der Waals surface area contributed by atoms with Crippen molar-refractivity contribution < 1.29 is 18.3 Å². The molecule has 1 aromatic heterocycles. The number of sulfonamides is 1. The minimum absolute atomic E-state index is 0.0708. The highest BCUT2D eigenvalue weighted by Gasteiger charge is 2.35. The second-order valence-electron chi connectivity index (χ2n) is 10.2. The minimum atomic E-state index is -3.88. The summed E-state index contributed by atoms with van der Waals surface area (Å²) < 4.78 is 31.1. The molecule has 2 unspecified atom stereocenters. The van der Waals surface area contributed by atoms with E-state index in [1.54, 1.807) is 35.4 Å². The average Bonchev–Trinajstić information content (AvgIpc) is 3.51. The molecule has 4 aromatic rings. The van der Waals surface area contributed by atoms with Gasteiger partial charge in [0.1, 0.15) is 5.82 Å². The van der Waals surface area contributed by atoms with Crippen LogP contribution in [0.25, 0.3) is 0 Å². The predicted molar refractivity (Wildman–Crippen MR) is 154 cm³/mol. The Morgan fingerprint density at radius 3 is 2.50 bits per heavy atom. The van der Waals surface area contributed by atoms with Crippen molar-refractivity contribution >= 4 is 21.6 Å². The van der Waals surface area contributed by atoms with E-state index in [4.69, 9.17) is 0 Å². The van der Waals surface area contributed by atoms with Gasteiger partial charge in [0.25, 0.3) is 0 Å². The maximum atomic E-state index is 13.6. The van der Waals surface area contributed by atoms with Gasteiger partial charge in [-0.25, -0.2) is 18.1 Å². The van der Waals surface area contributed by atoms with Crippen molar-refractivity contribution in [1.82, 2.24) is 14.3 Å². The number of aliphatic hydroxyl groups is 1. The zero-order chi connectivity index (χ0) is 28.3. The molecule has 40 heavy (non-hydrogen) atoms. The highest BCUT2D eigenvalue weighted by molar-refractivity contribution is 7.89. The van der Waals surface area contributed by atoms with Gasteiger partial charge in [0.2, 0.25) is 15.9 Å². The van der Waals surface area contributed by atoms with Crippen LogP contribution in [0.1, 0.15) is 47.5 Å². The first-order valence-electron chi connectivity index (χ1n) is 13.5. The lowest BCUT2D eigenvalue weighted by Gasteiger charge is -2.25. The zero-order valence-electron chi connectivity index (χ0n) is 22.7. The van der Waals surface area contributed by atoms with Crippen molar-refractivity contribution in [2.75, 3.05) is 4.90 Å². The number of rotatable bonds is 10. The van der Waals surface area contributed by atoms with Gasteiger partial charge in [-0.2, -0.15) is 0 Å². The fraction of sp³-hybridized carbons (Fsp3) is 0.290. The Morgan fingerprint density at radius 2 is 1.82 bits per heavy atom. The average molecular weight is 559 g/mol. The molecule has 2 atom stereocenters. The van der Waals surface area contributed by atoms with E-state index < -0.39 is 22.2 Å². The summed E-state index contributed by atoms with van der Waals surface area (Å²) in [6.45, 7) is 2.27. The highest BCUT2D eigenvalue weighted by atomic mass is 32.2. The number of amides is 1. The molecule has 1 aliphatic rings. The van der Waals surface area contributed by atoms with Crippen molar-refractivity contribution in [3.05, 3.63) is 113 Å². The minimum Gasteiger partial charge on any atom is -0.391 e. The molecule has 1 aliphatic carbocycles. The Balaban J connectivity index is 1.43. The lowest BCUT2D eigenvalue weighted by atomic mass is 10.1. The second-order valence-corrected chi connectivity index (χ2v) is 11.9. The standard InChI is InChI=1S/C31H34N4O4S/c1-3-22-9-14-26(15-10-22)40(38,39)33-31-27-20-25(13-12-24(27)19-28(31)36)35(21-29-32-17-18-34(29)2)30(37)16-11-23-7-5-4-6-8-23/h4-10,12-15,17-18,20,28,31,33,36H,3,11,16,19,21H2,1-2H3. The summed E-state index contributed by atoms with van der Waals surface area (Å²) in [6.07, 6.45) is 4.63. The van der Waals surface area contributed by atoms with Crippen LogP contribution < -0.4 is 9.62 Å². The Hall–Kier alpha value is -3.79. The van der Waals surface area contributed by atoms with E-state index >= 15 is 0 Å². The number of nitrogens with zero attached hydrogens (tertiary/aromatic N) is 3. The summed E-state index contributed by atoms with van der Waals surface area (Å²) >= 11 is 0. The van der Waals surface area contributed by atoms with Crippen LogP contribution in [-0.2, 0) is 47.7 Å². The normalized spacial score (nSPS) is 16.6. The molecule has 0 radical (unpaired) electrons. The third-order valence-corrected chi connectivity index (χ3v) is 8.96. The molecule has 0 saturated carbocycles. The highest BCUT2D eigenvalue weighted by Crippen LogP contribution is 2.36. The maximum absolute atomic E-state index is 13.6. The van der Waals surface area contributed by atoms with E-state index in [-0.39, 0.29) is 17.3 Å². The first kappa shape index (κ1) is 27.8. The Morgan fingerprint density at radius 1 is 1.07 bits per heavy atom. The number of carbonyl (C=O) groups is 1. The van der Waals surface area contributed by atoms with E-state index in [9.17, 15) is 18.3 Å².